The first-order chi connectivity index (χ1) is 8.64. The summed E-state index contributed by atoms with van der Waals surface area (Å²) in [4.78, 5) is 14.2. The Morgan fingerprint density at radius 1 is 1.17 bits per heavy atom. The first-order valence-corrected chi connectivity index (χ1v) is 7.61. The normalized spacial score (nSPS) is 29.7. The lowest BCUT2D eigenvalue weighted by atomic mass is 9.73. The number of carbonyl (C=O) groups is 1. The zero-order valence-electron chi connectivity index (χ0n) is 11.7. The highest BCUT2D eigenvalue weighted by Gasteiger charge is 2.41. The van der Waals surface area contributed by atoms with Crippen LogP contribution in [0.5, 0.6) is 0 Å². The van der Waals surface area contributed by atoms with Crippen molar-refractivity contribution >= 4 is 5.97 Å². The second-order valence-electron chi connectivity index (χ2n) is 6.31. The maximum absolute atomic E-state index is 11.7. The van der Waals surface area contributed by atoms with Gasteiger partial charge in [0.25, 0.3) is 0 Å². The molecule has 3 heteroatoms. The lowest BCUT2D eigenvalue weighted by Crippen LogP contribution is -2.47. The maximum Gasteiger partial charge on any atom is 0.310 e. The molecule has 0 spiro atoms. The van der Waals surface area contributed by atoms with E-state index in [1.54, 1.807) is 0 Å². The van der Waals surface area contributed by atoms with Gasteiger partial charge in [-0.2, -0.15) is 0 Å². The van der Waals surface area contributed by atoms with Crippen LogP contribution in [-0.4, -0.2) is 35.1 Å². The molecule has 0 aromatic heterocycles. The van der Waals surface area contributed by atoms with Crippen molar-refractivity contribution in [3.63, 3.8) is 0 Å². The standard InChI is InChI=1S/C15H27NO2/c1-13-8-4-2-7-11-16(13)12-15(14(17)18)9-5-3-6-10-15/h13H,2-12H2,1H3,(H,17,18). The fourth-order valence-corrected chi connectivity index (χ4v) is 3.63. The molecule has 0 aromatic carbocycles. The number of carboxylic acids is 1. The number of carboxylic acid groups (broad SMARTS) is 1. The van der Waals surface area contributed by atoms with E-state index < -0.39 is 11.4 Å². The Balaban J connectivity index is 2.05. The van der Waals surface area contributed by atoms with Crippen LogP contribution in [0.2, 0.25) is 0 Å². The molecule has 104 valence electrons. The van der Waals surface area contributed by atoms with E-state index in [2.05, 4.69) is 11.8 Å². The summed E-state index contributed by atoms with van der Waals surface area (Å²) in [7, 11) is 0. The van der Waals surface area contributed by atoms with E-state index in [1.165, 1.54) is 32.1 Å². The van der Waals surface area contributed by atoms with Gasteiger partial charge in [-0.3, -0.25) is 9.69 Å². The fraction of sp³-hybridized carbons (Fsp3) is 0.933. The third-order valence-corrected chi connectivity index (χ3v) is 4.96. The molecule has 0 bridgehead atoms. The third kappa shape index (κ3) is 3.05. The molecule has 0 radical (unpaired) electrons. The molecule has 2 rings (SSSR count). The molecule has 1 unspecified atom stereocenters. The van der Waals surface area contributed by atoms with Crippen molar-refractivity contribution in [1.29, 1.82) is 0 Å². The van der Waals surface area contributed by atoms with E-state index in [0.717, 1.165) is 38.8 Å². The zero-order chi connectivity index (χ0) is 13.0. The number of aliphatic carboxylic acids is 1. The Labute approximate surface area is 111 Å². The Morgan fingerprint density at radius 3 is 2.50 bits per heavy atom. The highest BCUT2D eigenvalue weighted by Crippen LogP contribution is 2.38. The van der Waals surface area contributed by atoms with Gasteiger partial charge in [-0.25, -0.2) is 0 Å². The third-order valence-electron chi connectivity index (χ3n) is 4.96. The fourth-order valence-electron chi connectivity index (χ4n) is 3.63. The number of hydrogen-bond acceptors (Lipinski definition) is 2. The minimum Gasteiger partial charge on any atom is -0.481 e. The Bertz CT molecular complexity index is 284. The molecular weight excluding hydrogens is 226 g/mol. The van der Waals surface area contributed by atoms with E-state index in [0.29, 0.717) is 6.04 Å². The van der Waals surface area contributed by atoms with Crippen LogP contribution >= 0.6 is 0 Å². The summed E-state index contributed by atoms with van der Waals surface area (Å²) in [5.41, 5.74) is -0.448. The van der Waals surface area contributed by atoms with Gasteiger partial charge in [0, 0.05) is 12.6 Å². The van der Waals surface area contributed by atoms with Crippen molar-refractivity contribution in [2.75, 3.05) is 13.1 Å². The molecule has 3 nitrogen and oxygen atoms in total. The second kappa shape index (κ2) is 6.05. The maximum atomic E-state index is 11.7. The first kappa shape index (κ1) is 13.9. The van der Waals surface area contributed by atoms with Gasteiger partial charge in [0.05, 0.1) is 5.41 Å². The monoisotopic (exact) mass is 253 g/mol. The van der Waals surface area contributed by atoms with Crippen LogP contribution in [-0.2, 0) is 4.79 Å². The van der Waals surface area contributed by atoms with E-state index in [9.17, 15) is 9.90 Å². The smallest absolute Gasteiger partial charge is 0.310 e. The Hall–Kier alpha value is -0.570. The van der Waals surface area contributed by atoms with Crippen LogP contribution in [0.15, 0.2) is 0 Å². The summed E-state index contributed by atoms with van der Waals surface area (Å²) < 4.78 is 0. The van der Waals surface area contributed by atoms with Crippen molar-refractivity contribution in [3.8, 4) is 0 Å². The summed E-state index contributed by atoms with van der Waals surface area (Å²) in [6.07, 6.45) is 10.2. The summed E-state index contributed by atoms with van der Waals surface area (Å²) in [5.74, 6) is -0.557. The SMILES string of the molecule is CC1CCCCCN1CC1(C(=O)O)CCCCC1. The molecule has 1 saturated heterocycles. The summed E-state index contributed by atoms with van der Waals surface area (Å²) in [5, 5.41) is 9.65. The van der Waals surface area contributed by atoms with Gasteiger partial charge in [-0.1, -0.05) is 32.1 Å². The van der Waals surface area contributed by atoms with Crippen LogP contribution < -0.4 is 0 Å². The zero-order valence-corrected chi connectivity index (χ0v) is 11.7. The topological polar surface area (TPSA) is 40.5 Å². The van der Waals surface area contributed by atoms with Gasteiger partial charge in [-0.05, 0) is 39.2 Å². The number of nitrogens with zero attached hydrogens (tertiary/aromatic N) is 1. The second-order valence-corrected chi connectivity index (χ2v) is 6.31. The highest BCUT2D eigenvalue weighted by atomic mass is 16.4. The minimum atomic E-state index is -0.557. The molecule has 18 heavy (non-hydrogen) atoms. The molecule has 2 fully saturated rings. The molecule has 2 aliphatic rings. The number of rotatable bonds is 3. The van der Waals surface area contributed by atoms with Gasteiger partial charge in [0.2, 0.25) is 0 Å². The minimum absolute atomic E-state index is 0.448. The number of likely N-dealkylation sites (tertiary alicyclic amines) is 1. The Morgan fingerprint density at radius 2 is 1.83 bits per heavy atom. The van der Waals surface area contributed by atoms with E-state index in [4.69, 9.17) is 0 Å². The predicted octanol–water partition coefficient (Wildman–Crippen LogP) is 3.29. The average Bonchev–Trinajstić information content (AvgIpc) is 2.56. The van der Waals surface area contributed by atoms with Crippen molar-refractivity contribution in [3.05, 3.63) is 0 Å². The molecule has 1 aliphatic carbocycles. The van der Waals surface area contributed by atoms with E-state index >= 15 is 0 Å². The van der Waals surface area contributed by atoms with Gasteiger partial charge in [0.1, 0.15) is 0 Å². The van der Waals surface area contributed by atoms with Crippen LogP contribution in [0.1, 0.15) is 64.7 Å². The van der Waals surface area contributed by atoms with Gasteiger partial charge < -0.3 is 5.11 Å². The van der Waals surface area contributed by atoms with Gasteiger partial charge in [-0.15, -0.1) is 0 Å². The summed E-state index contributed by atoms with van der Waals surface area (Å²) in [6, 6.07) is 0.561. The lowest BCUT2D eigenvalue weighted by molar-refractivity contribution is -0.153. The van der Waals surface area contributed by atoms with Crippen LogP contribution in [0.4, 0.5) is 0 Å². The molecule has 1 saturated carbocycles. The summed E-state index contributed by atoms with van der Waals surface area (Å²) >= 11 is 0. The van der Waals surface area contributed by atoms with E-state index in [1.807, 2.05) is 0 Å². The molecule has 1 heterocycles. The molecule has 0 amide bonds. The van der Waals surface area contributed by atoms with Crippen molar-refractivity contribution < 1.29 is 9.90 Å². The van der Waals surface area contributed by atoms with E-state index in [-0.39, 0.29) is 0 Å². The molecule has 1 atom stereocenters. The van der Waals surface area contributed by atoms with Crippen LogP contribution in [0.3, 0.4) is 0 Å². The molecule has 1 aliphatic heterocycles. The predicted molar refractivity (Wildman–Crippen MR) is 72.7 cm³/mol. The van der Waals surface area contributed by atoms with Crippen molar-refractivity contribution in [2.45, 2.75) is 70.8 Å². The van der Waals surface area contributed by atoms with Gasteiger partial charge >= 0.3 is 5.97 Å². The molecule has 1 N–H and O–H groups in total. The Kier molecular flexibility index (Phi) is 4.66. The average molecular weight is 253 g/mol. The van der Waals surface area contributed by atoms with Gasteiger partial charge in [0.15, 0.2) is 0 Å². The van der Waals surface area contributed by atoms with Crippen molar-refractivity contribution in [1.82, 2.24) is 4.90 Å². The first-order valence-electron chi connectivity index (χ1n) is 7.61. The molecule has 0 aromatic rings. The van der Waals surface area contributed by atoms with Crippen LogP contribution in [0, 0.1) is 5.41 Å². The quantitative estimate of drug-likeness (QED) is 0.839. The summed E-state index contributed by atoms with van der Waals surface area (Å²) in [6.45, 7) is 4.14. The largest absolute Gasteiger partial charge is 0.481 e. The highest BCUT2D eigenvalue weighted by molar-refractivity contribution is 5.75. The number of hydrogen-bond donors (Lipinski definition) is 1. The van der Waals surface area contributed by atoms with Crippen molar-refractivity contribution in [2.24, 2.45) is 5.41 Å². The molecular formula is C15H27NO2. The lowest BCUT2D eigenvalue weighted by Gasteiger charge is -2.39. The van der Waals surface area contributed by atoms with Crippen LogP contribution in [0.25, 0.3) is 0 Å².